The number of halogens is 1. The van der Waals surface area contributed by atoms with Gasteiger partial charge in [0.25, 0.3) is 10.0 Å². The van der Waals surface area contributed by atoms with Gasteiger partial charge in [-0.1, -0.05) is 30.3 Å². The van der Waals surface area contributed by atoms with Gasteiger partial charge in [-0.25, -0.2) is 12.4 Å². The maximum Gasteiger partial charge on any atom is 0.269 e. The molecule has 3 aromatic rings. The van der Waals surface area contributed by atoms with Crippen molar-refractivity contribution < 1.29 is 8.42 Å². The minimum Gasteiger partial charge on any atom is -0.306 e. The van der Waals surface area contributed by atoms with E-state index in [1.807, 2.05) is 36.5 Å². The number of para-hydroxylation sites is 1. The van der Waals surface area contributed by atoms with Crippen LogP contribution in [0, 0.1) is 0 Å². The maximum atomic E-state index is 13.3. The molecule has 0 spiro atoms. The standard InChI is InChI=1S/C19H19BrN2O2S/c1-21-11-10-14(12-21)16-13-22(18-8-4-2-6-15(16)18)25(23,24)19-9-5-3-7-17(19)20/h2-9,13-14H,10-12H2,1H3. The number of rotatable bonds is 3. The van der Waals surface area contributed by atoms with E-state index in [0.717, 1.165) is 36.0 Å². The van der Waals surface area contributed by atoms with Crippen molar-refractivity contribution in [3.63, 3.8) is 0 Å². The van der Waals surface area contributed by atoms with Crippen LogP contribution in [-0.2, 0) is 10.0 Å². The molecule has 0 saturated carbocycles. The molecule has 0 radical (unpaired) electrons. The summed E-state index contributed by atoms with van der Waals surface area (Å²) in [6.07, 6.45) is 2.88. The molecule has 6 heteroatoms. The normalized spacial score (nSPS) is 18.9. The number of likely N-dealkylation sites (N-methyl/N-ethyl adjacent to an activating group) is 1. The van der Waals surface area contributed by atoms with E-state index in [-0.39, 0.29) is 4.90 Å². The van der Waals surface area contributed by atoms with Gasteiger partial charge in [0.1, 0.15) is 4.90 Å². The highest BCUT2D eigenvalue weighted by atomic mass is 79.9. The second kappa shape index (κ2) is 6.27. The molecule has 4 rings (SSSR count). The first-order chi connectivity index (χ1) is 12.0. The lowest BCUT2D eigenvalue weighted by atomic mass is 9.98. The first kappa shape index (κ1) is 16.8. The number of likely N-dealkylation sites (tertiary alicyclic amines) is 1. The molecular formula is C19H19BrN2O2S. The van der Waals surface area contributed by atoms with Crippen LogP contribution in [0.3, 0.4) is 0 Å². The lowest BCUT2D eigenvalue weighted by Gasteiger charge is -2.10. The zero-order valence-electron chi connectivity index (χ0n) is 13.9. The zero-order valence-corrected chi connectivity index (χ0v) is 16.3. The van der Waals surface area contributed by atoms with Gasteiger partial charge < -0.3 is 4.90 Å². The number of fused-ring (bicyclic) bond motifs is 1. The van der Waals surface area contributed by atoms with Gasteiger partial charge in [-0.3, -0.25) is 0 Å². The van der Waals surface area contributed by atoms with E-state index in [4.69, 9.17) is 0 Å². The molecule has 0 N–H and O–H groups in total. The maximum absolute atomic E-state index is 13.3. The minimum absolute atomic E-state index is 0.283. The summed E-state index contributed by atoms with van der Waals surface area (Å²) < 4.78 is 28.6. The molecule has 0 aliphatic carbocycles. The molecule has 0 bridgehead atoms. The van der Waals surface area contributed by atoms with Gasteiger partial charge >= 0.3 is 0 Å². The van der Waals surface area contributed by atoms with Gasteiger partial charge in [0, 0.05) is 22.6 Å². The van der Waals surface area contributed by atoms with E-state index in [1.165, 1.54) is 3.97 Å². The Balaban J connectivity index is 1.93. The second-order valence-electron chi connectivity index (χ2n) is 6.58. The van der Waals surface area contributed by atoms with Crippen LogP contribution in [0.5, 0.6) is 0 Å². The van der Waals surface area contributed by atoms with Gasteiger partial charge in [-0.05, 0) is 65.6 Å². The molecular weight excluding hydrogens is 400 g/mol. The number of aromatic nitrogens is 1. The third-order valence-corrected chi connectivity index (χ3v) is 7.60. The number of hydrogen-bond donors (Lipinski definition) is 0. The van der Waals surface area contributed by atoms with Gasteiger partial charge in [0.05, 0.1) is 5.52 Å². The summed E-state index contributed by atoms with van der Waals surface area (Å²) in [5.74, 6) is 0.366. The monoisotopic (exact) mass is 418 g/mol. The highest BCUT2D eigenvalue weighted by molar-refractivity contribution is 9.10. The lowest BCUT2D eigenvalue weighted by molar-refractivity contribution is 0.412. The molecule has 25 heavy (non-hydrogen) atoms. The Morgan fingerprint density at radius 3 is 2.52 bits per heavy atom. The summed E-state index contributed by atoms with van der Waals surface area (Å²) in [6.45, 7) is 2.00. The molecule has 1 saturated heterocycles. The Morgan fingerprint density at radius 1 is 1.08 bits per heavy atom. The summed E-state index contributed by atoms with van der Waals surface area (Å²) in [5.41, 5.74) is 1.86. The molecule has 1 atom stereocenters. The van der Waals surface area contributed by atoms with Crippen LogP contribution in [0.25, 0.3) is 10.9 Å². The lowest BCUT2D eigenvalue weighted by Crippen LogP contribution is -2.14. The summed E-state index contributed by atoms with van der Waals surface area (Å²) in [7, 11) is -1.55. The third kappa shape index (κ3) is 2.82. The van der Waals surface area contributed by atoms with Crippen molar-refractivity contribution in [1.29, 1.82) is 0 Å². The first-order valence-corrected chi connectivity index (χ1v) is 10.5. The van der Waals surface area contributed by atoms with Crippen LogP contribution < -0.4 is 0 Å². The predicted molar refractivity (Wildman–Crippen MR) is 104 cm³/mol. The highest BCUT2D eigenvalue weighted by Crippen LogP contribution is 2.35. The Bertz CT molecular complexity index is 1040. The fraction of sp³-hybridized carbons (Fsp3) is 0.263. The molecule has 2 heterocycles. The summed E-state index contributed by atoms with van der Waals surface area (Å²) in [5, 5.41) is 1.03. The quantitative estimate of drug-likeness (QED) is 0.643. The molecule has 1 aromatic heterocycles. The van der Waals surface area contributed by atoms with Crippen LogP contribution in [0.15, 0.2) is 64.1 Å². The second-order valence-corrected chi connectivity index (χ2v) is 9.22. The van der Waals surface area contributed by atoms with Crippen molar-refractivity contribution in [2.24, 2.45) is 0 Å². The SMILES string of the molecule is CN1CCC(c2cn(S(=O)(=O)c3ccccc3Br)c3ccccc23)C1. The highest BCUT2D eigenvalue weighted by Gasteiger charge is 2.28. The van der Waals surface area contributed by atoms with Crippen molar-refractivity contribution in [1.82, 2.24) is 8.87 Å². The van der Waals surface area contributed by atoms with Gasteiger partial charge in [-0.15, -0.1) is 0 Å². The van der Waals surface area contributed by atoms with Crippen molar-refractivity contribution >= 4 is 36.9 Å². The largest absolute Gasteiger partial charge is 0.306 e. The van der Waals surface area contributed by atoms with E-state index in [9.17, 15) is 8.42 Å². The molecule has 130 valence electrons. The fourth-order valence-corrected chi connectivity index (χ4v) is 5.99. The van der Waals surface area contributed by atoms with Crippen LogP contribution >= 0.6 is 15.9 Å². The fourth-order valence-electron chi connectivity index (χ4n) is 3.65. The minimum atomic E-state index is -3.66. The molecule has 1 unspecified atom stereocenters. The summed E-state index contributed by atoms with van der Waals surface area (Å²) >= 11 is 3.38. The predicted octanol–water partition coefficient (Wildman–Crippen LogP) is 4.06. The Hall–Kier alpha value is -1.63. The van der Waals surface area contributed by atoms with Crippen LogP contribution in [0.4, 0.5) is 0 Å². The van der Waals surface area contributed by atoms with Crippen molar-refractivity contribution in [2.45, 2.75) is 17.2 Å². The van der Waals surface area contributed by atoms with E-state index in [2.05, 4.69) is 27.9 Å². The summed E-state index contributed by atoms with van der Waals surface area (Å²) in [4.78, 5) is 2.57. The summed E-state index contributed by atoms with van der Waals surface area (Å²) in [6, 6.07) is 14.7. The topological polar surface area (TPSA) is 42.3 Å². The Morgan fingerprint density at radius 2 is 1.80 bits per heavy atom. The molecule has 4 nitrogen and oxygen atoms in total. The average Bonchev–Trinajstić information content (AvgIpc) is 3.19. The van der Waals surface area contributed by atoms with E-state index in [1.54, 1.807) is 18.2 Å². The third-order valence-electron chi connectivity index (χ3n) is 4.91. The van der Waals surface area contributed by atoms with Crippen LogP contribution in [0.2, 0.25) is 0 Å². The van der Waals surface area contributed by atoms with Crippen LogP contribution in [-0.4, -0.2) is 37.4 Å². The molecule has 1 aliphatic heterocycles. The number of benzene rings is 2. The van der Waals surface area contributed by atoms with Crippen LogP contribution in [0.1, 0.15) is 17.9 Å². The molecule has 1 aliphatic rings. The molecule has 1 fully saturated rings. The molecule has 0 amide bonds. The number of hydrogen-bond acceptors (Lipinski definition) is 3. The van der Waals surface area contributed by atoms with Crippen molar-refractivity contribution in [2.75, 3.05) is 20.1 Å². The van der Waals surface area contributed by atoms with Gasteiger partial charge in [-0.2, -0.15) is 0 Å². The average molecular weight is 419 g/mol. The zero-order chi connectivity index (χ0) is 17.6. The van der Waals surface area contributed by atoms with Crippen molar-refractivity contribution in [3.8, 4) is 0 Å². The molecule has 2 aromatic carbocycles. The Labute approximate surface area is 156 Å². The van der Waals surface area contributed by atoms with E-state index >= 15 is 0 Å². The van der Waals surface area contributed by atoms with E-state index < -0.39 is 10.0 Å². The van der Waals surface area contributed by atoms with E-state index in [0.29, 0.717) is 10.4 Å². The first-order valence-electron chi connectivity index (χ1n) is 8.27. The van der Waals surface area contributed by atoms with Crippen molar-refractivity contribution in [3.05, 3.63) is 64.8 Å². The number of nitrogens with zero attached hydrogens (tertiary/aromatic N) is 2. The Kier molecular flexibility index (Phi) is 4.22. The smallest absolute Gasteiger partial charge is 0.269 e. The van der Waals surface area contributed by atoms with Gasteiger partial charge in [0.2, 0.25) is 0 Å². The van der Waals surface area contributed by atoms with Gasteiger partial charge in [0.15, 0.2) is 0 Å².